The fraction of sp³-hybridized carbons (Fsp3) is 0.278. The minimum atomic E-state index is -0.677. The van der Waals surface area contributed by atoms with Crippen LogP contribution >= 0.6 is 11.6 Å². The number of halogens is 1. The van der Waals surface area contributed by atoms with Crippen LogP contribution in [-0.4, -0.2) is 36.3 Å². The number of rotatable bonds is 6. The summed E-state index contributed by atoms with van der Waals surface area (Å²) in [5, 5.41) is 20.0. The lowest BCUT2D eigenvalue weighted by atomic mass is 9.97. The van der Waals surface area contributed by atoms with Crippen LogP contribution in [0.5, 0.6) is 11.6 Å². The highest BCUT2D eigenvalue weighted by molar-refractivity contribution is 6.32. The van der Waals surface area contributed by atoms with E-state index in [0.29, 0.717) is 5.75 Å². The molecule has 1 aromatic heterocycles. The van der Waals surface area contributed by atoms with Gasteiger partial charge in [-0.05, 0) is 30.7 Å². The Balaban J connectivity index is 2.68. The average Bonchev–Trinajstić information content (AvgIpc) is 2.61. The van der Waals surface area contributed by atoms with Gasteiger partial charge in [-0.25, -0.2) is 0 Å². The zero-order valence-electron chi connectivity index (χ0n) is 14.5. The maximum absolute atomic E-state index is 12.9. The van der Waals surface area contributed by atoms with Crippen molar-refractivity contribution < 1.29 is 19.4 Å². The highest BCUT2D eigenvalue weighted by atomic mass is 35.5. The quantitative estimate of drug-likeness (QED) is 0.776. The third-order valence-electron chi connectivity index (χ3n) is 3.96. The summed E-state index contributed by atoms with van der Waals surface area (Å²) in [7, 11) is 2.89. The van der Waals surface area contributed by atoms with Crippen LogP contribution in [-0.2, 0) is 11.3 Å². The first-order chi connectivity index (χ1) is 12.4. The van der Waals surface area contributed by atoms with E-state index in [2.05, 4.69) is 0 Å². The lowest BCUT2D eigenvalue weighted by Crippen LogP contribution is -2.28. The summed E-state index contributed by atoms with van der Waals surface area (Å²) in [6.45, 7) is 1.57. The smallest absolute Gasteiger partial charge is 0.271 e. The van der Waals surface area contributed by atoms with Crippen molar-refractivity contribution in [1.82, 2.24) is 4.57 Å². The van der Waals surface area contributed by atoms with Crippen molar-refractivity contribution in [2.45, 2.75) is 13.5 Å². The summed E-state index contributed by atoms with van der Waals surface area (Å²) in [4.78, 5) is 25.3. The molecule has 0 radical (unpaired) electrons. The fourth-order valence-corrected chi connectivity index (χ4v) is 2.82. The molecule has 0 unspecified atom stereocenters. The Labute approximate surface area is 155 Å². The lowest BCUT2D eigenvalue weighted by Gasteiger charge is -2.15. The molecule has 0 atom stereocenters. The standard InChI is InChI=1S/C18H17ClN2O5/c1-10-12(9-20)17(23)21(6-7-25-2)18(24)15(10)16(22)11-4-5-14(26-3)13(19)8-11/h4-5,8,24H,6-7H2,1-3H3. The largest absolute Gasteiger partial charge is 0.495 e. The first kappa shape index (κ1) is 19.5. The van der Waals surface area contributed by atoms with Crippen LogP contribution in [0.3, 0.4) is 0 Å². The molecular weight excluding hydrogens is 360 g/mol. The highest BCUT2D eigenvalue weighted by Crippen LogP contribution is 2.29. The van der Waals surface area contributed by atoms with E-state index in [9.17, 15) is 20.0 Å². The van der Waals surface area contributed by atoms with Gasteiger partial charge in [-0.15, -0.1) is 0 Å². The maximum atomic E-state index is 12.9. The first-order valence-corrected chi connectivity index (χ1v) is 7.98. The second-order valence-electron chi connectivity index (χ2n) is 5.44. The van der Waals surface area contributed by atoms with Gasteiger partial charge in [-0.2, -0.15) is 5.26 Å². The number of ether oxygens (including phenoxy) is 2. The Morgan fingerprint density at radius 2 is 2.08 bits per heavy atom. The van der Waals surface area contributed by atoms with Crippen molar-refractivity contribution in [3.8, 4) is 17.7 Å². The molecule has 0 saturated heterocycles. The number of hydrogen-bond donors (Lipinski definition) is 1. The molecule has 8 heteroatoms. The molecule has 1 N–H and O–H groups in total. The topological polar surface area (TPSA) is 102 Å². The van der Waals surface area contributed by atoms with Crippen molar-refractivity contribution in [3.63, 3.8) is 0 Å². The molecule has 0 bridgehead atoms. The van der Waals surface area contributed by atoms with Crippen molar-refractivity contribution >= 4 is 17.4 Å². The molecule has 0 aliphatic heterocycles. The van der Waals surface area contributed by atoms with Gasteiger partial charge in [0.15, 0.2) is 5.78 Å². The molecule has 0 amide bonds. The van der Waals surface area contributed by atoms with Gasteiger partial charge in [-0.3, -0.25) is 14.2 Å². The molecule has 0 aliphatic carbocycles. The Bertz CT molecular complexity index is 960. The van der Waals surface area contributed by atoms with Gasteiger partial charge in [0.25, 0.3) is 5.56 Å². The number of methoxy groups -OCH3 is 2. The number of aromatic nitrogens is 1. The number of hydrogen-bond acceptors (Lipinski definition) is 6. The third-order valence-corrected chi connectivity index (χ3v) is 4.26. The van der Waals surface area contributed by atoms with Crippen molar-refractivity contribution in [3.05, 3.63) is 55.8 Å². The second kappa shape index (κ2) is 8.04. The number of benzene rings is 1. The number of carbonyl (C=O) groups excluding carboxylic acids is 1. The van der Waals surface area contributed by atoms with Gasteiger partial charge in [-0.1, -0.05) is 11.6 Å². The normalized spacial score (nSPS) is 10.4. The van der Waals surface area contributed by atoms with Crippen LogP contribution < -0.4 is 10.3 Å². The SMILES string of the molecule is COCCn1c(O)c(C(=O)c2ccc(OC)c(Cl)c2)c(C)c(C#N)c1=O. The molecule has 7 nitrogen and oxygen atoms in total. The summed E-state index contributed by atoms with van der Waals surface area (Å²) < 4.78 is 10.9. The summed E-state index contributed by atoms with van der Waals surface area (Å²) in [6.07, 6.45) is 0. The number of ketones is 1. The summed E-state index contributed by atoms with van der Waals surface area (Å²) in [6, 6.07) is 6.21. The summed E-state index contributed by atoms with van der Waals surface area (Å²) >= 11 is 6.06. The summed E-state index contributed by atoms with van der Waals surface area (Å²) in [5.41, 5.74) is -0.708. The predicted octanol–water partition coefficient (Wildman–Crippen LogP) is 2.27. The Morgan fingerprint density at radius 1 is 1.38 bits per heavy atom. The van der Waals surface area contributed by atoms with Crippen LogP contribution in [0.25, 0.3) is 0 Å². The molecule has 136 valence electrons. The monoisotopic (exact) mass is 376 g/mol. The van der Waals surface area contributed by atoms with E-state index in [-0.39, 0.29) is 40.4 Å². The Kier molecular flexibility index (Phi) is 6.03. The van der Waals surface area contributed by atoms with E-state index in [4.69, 9.17) is 21.1 Å². The average molecular weight is 377 g/mol. The van der Waals surface area contributed by atoms with E-state index in [0.717, 1.165) is 4.57 Å². The van der Waals surface area contributed by atoms with Crippen LogP contribution in [0.15, 0.2) is 23.0 Å². The summed E-state index contributed by atoms with van der Waals surface area (Å²) in [5.74, 6) is -0.681. The fourth-order valence-electron chi connectivity index (χ4n) is 2.56. The lowest BCUT2D eigenvalue weighted by molar-refractivity contribution is 0.103. The number of nitrogens with zero attached hydrogens (tertiary/aromatic N) is 2. The number of pyridine rings is 1. The van der Waals surface area contributed by atoms with E-state index >= 15 is 0 Å². The molecule has 1 aromatic carbocycles. The minimum Gasteiger partial charge on any atom is -0.495 e. The van der Waals surface area contributed by atoms with Crippen LogP contribution in [0.1, 0.15) is 27.0 Å². The molecule has 26 heavy (non-hydrogen) atoms. The number of carbonyl (C=O) groups is 1. The van der Waals surface area contributed by atoms with E-state index in [1.165, 1.54) is 39.3 Å². The van der Waals surface area contributed by atoms with Crippen LogP contribution in [0.4, 0.5) is 0 Å². The van der Waals surface area contributed by atoms with E-state index in [1.54, 1.807) is 6.07 Å². The first-order valence-electron chi connectivity index (χ1n) is 7.61. The molecule has 0 spiro atoms. The van der Waals surface area contributed by atoms with Crippen LogP contribution in [0, 0.1) is 18.3 Å². The predicted molar refractivity (Wildman–Crippen MR) is 95.1 cm³/mol. The van der Waals surface area contributed by atoms with Gasteiger partial charge in [0.1, 0.15) is 17.4 Å². The van der Waals surface area contributed by atoms with E-state index in [1.807, 2.05) is 0 Å². The Hall–Kier alpha value is -2.82. The molecule has 0 saturated carbocycles. The molecule has 1 heterocycles. The molecular formula is C18H17ClN2O5. The molecule has 2 rings (SSSR count). The van der Waals surface area contributed by atoms with Crippen molar-refractivity contribution in [2.75, 3.05) is 20.8 Å². The van der Waals surface area contributed by atoms with E-state index < -0.39 is 17.2 Å². The maximum Gasteiger partial charge on any atom is 0.271 e. The minimum absolute atomic E-state index is 0.000223. The van der Waals surface area contributed by atoms with Crippen LogP contribution in [0.2, 0.25) is 5.02 Å². The highest BCUT2D eigenvalue weighted by Gasteiger charge is 2.25. The van der Waals surface area contributed by atoms with Gasteiger partial charge < -0.3 is 14.6 Å². The van der Waals surface area contributed by atoms with Gasteiger partial charge >= 0.3 is 0 Å². The van der Waals surface area contributed by atoms with Crippen molar-refractivity contribution in [2.24, 2.45) is 0 Å². The number of aromatic hydroxyl groups is 1. The second-order valence-corrected chi connectivity index (χ2v) is 5.85. The van der Waals surface area contributed by atoms with Gasteiger partial charge in [0, 0.05) is 12.7 Å². The molecule has 0 aliphatic rings. The molecule has 0 fully saturated rings. The van der Waals surface area contributed by atoms with Gasteiger partial charge in [0.2, 0.25) is 5.88 Å². The van der Waals surface area contributed by atoms with Gasteiger partial charge in [0.05, 0.1) is 30.8 Å². The molecule has 2 aromatic rings. The zero-order valence-corrected chi connectivity index (χ0v) is 15.3. The Morgan fingerprint density at radius 3 is 2.62 bits per heavy atom. The zero-order chi connectivity index (χ0) is 19.4. The third kappa shape index (κ3) is 3.43. The number of nitriles is 1. The van der Waals surface area contributed by atoms with Crippen molar-refractivity contribution in [1.29, 1.82) is 5.26 Å².